The summed E-state index contributed by atoms with van der Waals surface area (Å²) in [5, 5.41) is 4.22. The van der Waals surface area contributed by atoms with E-state index in [0.717, 1.165) is 10.9 Å². The van der Waals surface area contributed by atoms with E-state index in [4.69, 9.17) is 4.42 Å². The zero-order valence-electron chi connectivity index (χ0n) is 15.4. The van der Waals surface area contributed by atoms with Gasteiger partial charge in [0, 0.05) is 19.8 Å². The molecular weight excluding hydrogens is 391 g/mol. The quantitative estimate of drug-likeness (QED) is 0.646. The maximum absolute atomic E-state index is 13.4. The fraction of sp³-hybridized carbons (Fsp3) is 0.263. The Morgan fingerprint density at radius 3 is 2.64 bits per heavy atom. The number of carbonyl (C=O) groups is 1. The van der Waals surface area contributed by atoms with Gasteiger partial charge in [-0.2, -0.15) is 13.2 Å². The molecule has 0 aliphatic carbocycles. The molecule has 2 aromatic heterocycles. The second kappa shape index (κ2) is 7.67. The van der Waals surface area contributed by atoms with E-state index in [9.17, 15) is 18.0 Å². The van der Waals surface area contributed by atoms with E-state index in [1.807, 2.05) is 17.5 Å². The number of aromatic nitrogens is 1. The first-order valence-corrected chi connectivity index (χ1v) is 9.21. The van der Waals surface area contributed by atoms with Crippen LogP contribution in [0.5, 0.6) is 0 Å². The van der Waals surface area contributed by atoms with E-state index in [2.05, 4.69) is 10.3 Å². The molecule has 3 rings (SSSR count). The number of anilines is 2. The van der Waals surface area contributed by atoms with Crippen LogP contribution in [-0.4, -0.2) is 25.0 Å². The Hall–Kier alpha value is -2.81. The van der Waals surface area contributed by atoms with Crippen LogP contribution < -0.4 is 10.2 Å². The average Bonchev–Trinajstić information content (AvgIpc) is 3.24. The van der Waals surface area contributed by atoms with Crippen LogP contribution in [0.15, 0.2) is 40.1 Å². The van der Waals surface area contributed by atoms with Gasteiger partial charge in [-0.15, -0.1) is 11.3 Å². The molecule has 3 aromatic rings. The van der Waals surface area contributed by atoms with Gasteiger partial charge in [-0.1, -0.05) is 6.07 Å². The van der Waals surface area contributed by atoms with E-state index in [1.54, 1.807) is 25.9 Å². The minimum Gasteiger partial charge on any atom is -0.440 e. The molecule has 1 amide bonds. The van der Waals surface area contributed by atoms with E-state index in [0.29, 0.717) is 23.0 Å². The molecule has 1 N–H and O–H groups in total. The van der Waals surface area contributed by atoms with Gasteiger partial charge in [0.1, 0.15) is 5.76 Å². The summed E-state index contributed by atoms with van der Waals surface area (Å²) < 4.78 is 45.8. The van der Waals surface area contributed by atoms with Crippen LogP contribution in [0.25, 0.3) is 10.8 Å². The van der Waals surface area contributed by atoms with Gasteiger partial charge in [-0.05, 0) is 36.6 Å². The molecule has 148 valence electrons. The van der Waals surface area contributed by atoms with Gasteiger partial charge in [0.15, 0.2) is 0 Å². The van der Waals surface area contributed by atoms with Crippen molar-refractivity contribution in [2.75, 3.05) is 24.3 Å². The monoisotopic (exact) mass is 409 g/mol. The molecule has 0 aliphatic heterocycles. The van der Waals surface area contributed by atoms with Gasteiger partial charge in [-0.25, -0.2) is 4.98 Å². The van der Waals surface area contributed by atoms with Crippen molar-refractivity contribution in [3.05, 3.63) is 52.7 Å². The summed E-state index contributed by atoms with van der Waals surface area (Å²) in [5.74, 6) is 0.247. The number of alkyl halides is 3. The first-order valence-electron chi connectivity index (χ1n) is 8.33. The fourth-order valence-electron chi connectivity index (χ4n) is 2.60. The zero-order chi connectivity index (χ0) is 20.5. The van der Waals surface area contributed by atoms with E-state index >= 15 is 0 Å². The van der Waals surface area contributed by atoms with Crippen molar-refractivity contribution in [3.8, 4) is 10.8 Å². The minimum atomic E-state index is -4.59. The maximum atomic E-state index is 13.4. The van der Waals surface area contributed by atoms with Crippen LogP contribution >= 0.6 is 11.3 Å². The van der Waals surface area contributed by atoms with Crippen molar-refractivity contribution >= 4 is 28.6 Å². The van der Waals surface area contributed by atoms with Crippen LogP contribution in [0, 0.1) is 6.92 Å². The van der Waals surface area contributed by atoms with Crippen molar-refractivity contribution in [2.45, 2.75) is 19.5 Å². The highest BCUT2D eigenvalue weighted by Gasteiger charge is 2.34. The number of carbonyl (C=O) groups excluding carboxylic acids is 1. The Morgan fingerprint density at radius 1 is 1.29 bits per heavy atom. The van der Waals surface area contributed by atoms with Gasteiger partial charge in [0.05, 0.1) is 28.2 Å². The highest BCUT2D eigenvalue weighted by molar-refractivity contribution is 7.13. The maximum Gasteiger partial charge on any atom is 0.418 e. The standard InChI is InChI=1S/C19H18F3N3O2S/c1-11-15(24-18(27-11)16-5-4-8-28-16)10-17(26)23-14-7-6-12(25(2)3)9-13(14)19(20,21)22/h4-9H,10H2,1-3H3,(H,23,26). The summed E-state index contributed by atoms with van der Waals surface area (Å²) >= 11 is 1.44. The molecule has 0 unspecified atom stereocenters. The summed E-state index contributed by atoms with van der Waals surface area (Å²) in [6.45, 7) is 1.67. The van der Waals surface area contributed by atoms with Gasteiger partial charge >= 0.3 is 6.18 Å². The Labute approximate surface area is 163 Å². The van der Waals surface area contributed by atoms with Crippen molar-refractivity contribution in [3.63, 3.8) is 0 Å². The summed E-state index contributed by atoms with van der Waals surface area (Å²) in [6.07, 6.45) is -4.78. The SMILES string of the molecule is Cc1oc(-c2cccs2)nc1CC(=O)Nc1ccc(N(C)C)cc1C(F)(F)F. The lowest BCUT2D eigenvalue weighted by atomic mass is 10.1. The number of nitrogens with zero attached hydrogens (tertiary/aromatic N) is 2. The smallest absolute Gasteiger partial charge is 0.418 e. The zero-order valence-corrected chi connectivity index (χ0v) is 16.2. The van der Waals surface area contributed by atoms with Crippen LogP contribution in [0.3, 0.4) is 0 Å². The van der Waals surface area contributed by atoms with Crippen LogP contribution in [0.4, 0.5) is 24.5 Å². The van der Waals surface area contributed by atoms with Gasteiger partial charge < -0.3 is 14.6 Å². The van der Waals surface area contributed by atoms with Crippen molar-refractivity contribution in [2.24, 2.45) is 0 Å². The summed E-state index contributed by atoms with van der Waals surface area (Å²) in [7, 11) is 3.29. The molecular formula is C19H18F3N3O2S. The van der Waals surface area contributed by atoms with Gasteiger partial charge in [0.25, 0.3) is 0 Å². The Bertz CT molecular complexity index is 979. The third-order valence-electron chi connectivity index (χ3n) is 4.05. The predicted octanol–water partition coefficient (Wildman–Crippen LogP) is 4.98. The summed E-state index contributed by atoms with van der Waals surface area (Å²) in [5.41, 5.74) is -0.413. The molecule has 0 aliphatic rings. The lowest BCUT2D eigenvalue weighted by Gasteiger charge is -2.18. The molecule has 0 spiro atoms. The van der Waals surface area contributed by atoms with Crippen molar-refractivity contribution < 1.29 is 22.4 Å². The molecule has 0 radical (unpaired) electrons. The largest absolute Gasteiger partial charge is 0.440 e. The third-order valence-corrected chi connectivity index (χ3v) is 4.91. The van der Waals surface area contributed by atoms with Crippen LogP contribution in [0.1, 0.15) is 17.0 Å². The minimum absolute atomic E-state index is 0.187. The Balaban J connectivity index is 1.80. The Kier molecular flexibility index (Phi) is 5.46. The van der Waals surface area contributed by atoms with Gasteiger partial charge in [0.2, 0.25) is 11.8 Å². The lowest BCUT2D eigenvalue weighted by molar-refractivity contribution is -0.136. The van der Waals surface area contributed by atoms with Crippen molar-refractivity contribution in [1.29, 1.82) is 0 Å². The topological polar surface area (TPSA) is 58.4 Å². The normalized spacial score (nSPS) is 11.5. The number of amides is 1. The van der Waals surface area contributed by atoms with Crippen molar-refractivity contribution in [1.82, 2.24) is 4.98 Å². The van der Waals surface area contributed by atoms with E-state index in [1.165, 1.54) is 23.5 Å². The molecule has 0 saturated heterocycles. The molecule has 1 aromatic carbocycles. The highest BCUT2D eigenvalue weighted by atomic mass is 32.1. The molecule has 5 nitrogen and oxygen atoms in total. The number of benzene rings is 1. The number of oxazole rings is 1. The predicted molar refractivity (Wildman–Crippen MR) is 103 cm³/mol. The third kappa shape index (κ3) is 4.36. The van der Waals surface area contributed by atoms with Crippen LogP contribution in [-0.2, 0) is 17.4 Å². The summed E-state index contributed by atoms with van der Waals surface area (Å²) in [4.78, 5) is 19.0. The number of thiophene rings is 1. The number of halogens is 3. The number of hydrogen-bond donors (Lipinski definition) is 1. The molecule has 28 heavy (non-hydrogen) atoms. The van der Waals surface area contributed by atoms with Gasteiger partial charge in [-0.3, -0.25) is 4.79 Å². The van der Waals surface area contributed by atoms with E-state index in [-0.39, 0.29) is 12.1 Å². The second-order valence-electron chi connectivity index (χ2n) is 6.35. The number of rotatable bonds is 5. The molecule has 0 atom stereocenters. The number of aryl methyl sites for hydroxylation is 1. The fourth-order valence-corrected chi connectivity index (χ4v) is 3.25. The number of nitrogens with one attached hydrogen (secondary N) is 1. The second-order valence-corrected chi connectivity index (χ2v) is 7.29. The van der Waals surface area contributed by atoms with E-state index < -0.39 is 17.6 Å². The average molecular weight is 409 g/mol. The highest BCUT2D eigenvalue weighted by Crippen LogP contribution is 2.37. The summed E-state index contributed by atoms with van der Waals surface area (Å²) in [6, 6.07) is 7.46. The Morgan fingerprint density at radius 2 is 2.04 bits per heavy atom. The molecule has 0 saturated carbocycles. The molecule has 9 heteroatoms. The first-order chi connectivity index (χ1) is 13.1. The molecule has 0 bridgehead atoms. The number of hydrogen-bond acceptors (Lipinski definition) is 5. The molecule has 0 fully saturated rings. The van der Waals surface area contributed by atoms with Crippen LogP contribution in [0.2, 0.25) is 0 Å². The lowest BCUT2D eigenvalue weighted by Crippen LogP contribution is -2.19. The molecule has 2 heterocycles. The first kappa shape index (κ1) is 19.9.